The van der Waals surface area contributed by atoms with Crippen LogP contribution in [-0.4, -0.2) is 19.1 Å². The summed E-state index contributed by atoms with van der Waals surface area (Å²) in [6, 6.07) is 11.3. The Labute approximate surface area is 137 Å². The minimum atomic E-state index is -2.93. The number of alkyl halides is 2. The van der Waals surface area contributed by atoms with Crippen LogP contribution in [0, 0.1) is 6.92 Å². The Bertz CT molecular complexity index is 696. The van der Waals surface area contributed by atoms with Gasteiger partial charge in [0.2, 0.25) is 5.91 Å². The van der Waals surface area contributed by atoms with E-state index < -0.39 is 6.61 Å². The van der Waals surface area contributed by atoms with Crippen molar-refractivity contribution >= 4 is 28.9 Å². The highest BCUT2D eigenvalue weighted by Gasteiger charge is 2.11. The normalized spacial score (nSPS) is 10.5. The number of rotatable bonds is 6. The molecule has 2 N–H and O–H groups in total. The van der Waals surface area contributed by atoms with Gasteiger partial charge in [0.05, 0.1) is 12.2 Å². The lowest BCUT2D eigenvalue weighted by Crippen LogP contribution is -2.22. The van der Waals surface area contributed by atoms with Crippen LogP contribution in [0.2, 0.25) is 5.02 Å². The predicted molar refractivity (Wildman–Crippen MR) is 86.4 cm³/mol. The summed E-state index contributed by atoms with van der Waals surface area (Å²) >= 11 is 5.98. The van der Waals surface area contributed by atoms with Crippen LogP contribution in [0.15, 0.2) is 42.5 Å². The molecule has 0 unspecified atom stereocenters. The van der Waals surface area contributed by atoms with E-state index >= 15 is 0 Å². The van der Waals surface area contributed by atoms with Crippen molar-refractivity contribution in [2.24, 2.45) is 0 Å². The maximum Gasteiger partial charge on any atom is 0.387 e. The third-order valence-corrected chi connectivity index (χ3v) is 3.49. The summed E-state index contributed by atoms with van der Waals surface area (Å²) in [5.74, 6) is -0.351. The summed E-state index contributed by atoms with van der Waals surface area (Å²) in [6.45, 7) is -1.24. The van der Waals surface area contributed by atoms with Crippen LogP contribution in [0.4, 0.5) is 20.2 Å². The molecule has 0 aromatic heterocycles. The fourth-order valence-electron chi connectivity index (χ4n) is 1.92. The number of nitrogens with one attached hydrogen (secondary N) is 2. The van der Waals surface area contributed by atoms with Crippen LogP contribution < -0.4 is 15.4 Å². The Hall–Kier alpha value is -2.34. The van der Waals surface area contributed by atoms with E-state index in [1.165, 1.54) is 6.07 Å². The molecule has 0 radical (unpaired) electrons. The Morgan fingerprint density at radius 2 is 1.87 bits per heavy atom. The first-order chi connectivity index (χ1) is 11.0. The second-order valence-electron chi connectivity index (χ2n) is 4.69. The lowest BCUT2D eigenvalue weighted by molar-refractivity contribution is -0.114. The molecule has 0 heterocycles. The van der Waals surface area contributed by atoms with Crippen molar-refractivity contribution in [1.82, 2.24) is 0 Å². The van der Waals surface area contributed by atoms with Crippen molar-refractivity contribution in [2.45, 2.75) is 13.5 Å². The van der Waals surface area contributed by atoms with Gasteiger partial charge in [0.15, 0.2) is 0 Å². The minimum absolute atomic E-state index is 0.0192. The quantitative estimate of drug-likeness (QED) is 0.824. The fraction of sp³-hybridized carbons (Fsp3) is 0.188. The topological polar surface area (TPSA) is 50.4 Å². The SMILES string of the molecule is Cc1c(Cl)cccc1NC(=O)CNc1ccccc1OC(F)F. The van der Waals surface area contributed by atoms with Gasteiger partial charge in [0.1, 0.15) is 5.75 Å². The van der Waals surface area contributed by atoms with E-state index in [0.717, 1.165) is 5.56 Å². The van der Waals surface area contributed by atoms with Crippen LogP contribution in [-0.2, 0) is 4.79 Å². The zero-order chi connectivity index (χ0) is 16.8. The van der Waals surface area contributed by atoms with Crippen LogP contribution in [0.1, 0.15) is 5.56 Å². The summed E-state index contributed by atoms with van der Waals surface area (Å²) in [7, 11) is 0. The Balaban J connectivity index is 1.98. The second-order valence-corrected chi connectivity index (χ2v) is 5.10. The second kappa shape index (κ2) is 7.78. The fourth-order valence-corrected chi connectivity index (χ4v) is 2.10. The molecule has 0 fully saturated rings. The molecule has 0 aliphatic carbocycles. The van der Waals surface area contributed by atoms with E-state index in [4.69, 9.17) is 11.6 Å². The zero-order valence-electron chi connectivity index (χ0n) is 12.3. The largest absolute Gasteiger partial charge is 0.433 e. The molecule has 4 nitrogen and oxygen atoms in total. The van der Waals surface area contributed by atoms with E-state index in [-0.39, 0.29) is 18.2 Å². The number of benzene rings is 2. The Kier molecular flexibility index (Phi) is 5.76. The Morgan fingerprint density at radius 3 is 2.61 bits per heavy atom. The Morgan fingerprint density at radius 1 is 1.17 bits per heavy atom. The summed E-state index contributed by atoms with van der Waals surface area (Å²) in [6.07, 6.45) is 0. The number of hydrogen-bond acceptors (Lipinski definition) is 3. The molecule has 0 aliphatic heterocycles. The average Bonchev–Trinajstić information content (AvgIpc) is 2.50. The molecule has 122 valence electrons. The summed E-state index contributed by atoms with van der Waals surface area (Å²) in [5.41, 5.74) is 1.66. The molecule has 2 aromatic rings. The van der Waals surface area contributed by atoms with Gasteiger partial charge in [-0.1, -0.05) is 29.8 Å². The van der Waals surface area contributed by atoms with Gasteiger partial charge in [-0.05, 0) is 36.8 Å². The van der Waals surface area contributed by atoms with Gasteiger partial charge in [-0.25, -0.2) is 0 Å². The standard InChI is InChI=1S/C16H15ClF2N2O2/c1-10-11(17)5-4-7-12(10)21-15(22)9-20-13-6-2-3-8-14(13)23-16(18)19/h2-8,16,20H,9H2,1H3,(H,21,22). The molecule has 0 bridgehead atoms. The first-order valence-corrected chi connectivity index (χ1v) is 7.18. The molecule has 1 amide bonds. The number of halogens is 3. The minimum Gasteiger partial charge on any atom is -0.433 e. The van der Waals surface area contributed by atoms with Gasteiger partial charge < -0.3 is 15.4 Å². The van der Waals surface area contributed by atoms with E-state index in [2.05, 4.69) is 15.4 Å². The summed E-state index contributed by atoms with van der Waals surface area (Å²) in [5, 5.41) is 6.02. The number of ether oxygens (including phenoxy) is 1. The summed E-state index contributed by atoms with van der Waals surface area (Å²) in [4.78, 5) is 12.0. The van der Waals surface area contributed by atoms with Crippen molar-refractivity contribution in [2.75, 3.05) is 17.2 Å². The molecule has 0 saturated heterocycles. The van der Waals surface area contributed by atoms with Crippen molar-refractivity contribution in [3.05, 3.63) is 53.1 Å². The summed E-state index contributed by atoms with van der Waals surface area (Å²) < 4.78 is 29.0. The molecule has 2 rings (SSSR count). The van der Waals surface area contributed by atoms with Gasteiger partial charge in [0.25, 0.3) is 0 Å². The maximum atomic E-state index is 12.3. The van der Waals surface area contributed by atoms with Gasteiger partial charge in [-0.15, -0.1) is 0 Å². The average molecular weight is 341 g/mol. The van der Waals surface area contributed by atoms with Gasteiger partial charge in [0, 0.05) is 10.7 Å². The van der Waals surface area contributed by atoms with E-state index in [1.807, 2.05) is 0 Å². The molecule has 0 atom stereocenters. The molecule has 0 saturated carbocycles. The lowest BCUT2D eigenvalue weighted by Gasteiger charge is -2.13. The number of anilines is 2. The van der Waals surface area contributed by atoms with Gasteiger partial charge >= 0.3 is 6.61 Å². The molecule has 0 aliphatic rings. The maximum absolute atomic E-state index is 12.3. The zero-order valence-corrected chi connectivity index (χ0v) is 13.0. The van der Waals surface area contributed by atoms with Crippen LogP contribution in [0.3, 0.4) is 0 Å². The number of para-hydroxylation sites is 2. The number of hydrogen-bond donors (Lipinski definition) is 2. The molecule has 7 heteroatoms. The van der Waals surface area contributed by atoms with E-state index in [0.29, 0.717) is 16.4 Å². The lowest BCUT2D eigenvalue weighted by atomic mass is 10.2. The van der Waals surface area contributed by atoms with Crippen LogP contribution in [0.5, 0.6) is 5.75 Å². The van der Waals surface area contributed by atoms with E-state index in [9.17, 15) is 13.6 Å². The smallest absolute Gasteiger partial charge is 0.387 e. The highest BCUT2D eigenvalue weighted by Crippen LogP contribution is 2.25. The number of carbonyl (C=O) groups is 1. The van der Waals surface area contributed by atoms with Crippen molar-refractivity contribution in [1.29, 1.82) is 0 Å². The van der Waals surface area contributed by atoms with Crippen molar-refractivity contribution in [3.8, 4) is 5.75 Å². The monoisotopic (exact) mass is 340 g/mol. The molecule has 2 aromatic carbocycles. The third kappa shape index (κ3) is 4.82. The van der Waals surface area contributed by atoms with Crippen molar-refractivity contribution < 1.29 is 18.3 Å². The molecular formula is C16H15ClF2N2O2. The highest BCUT2D eigenvalue weighted by molar-refractivity contribution is 6.31. The molecular weight excluding hydrogens is 326 g/mol. The van der Waals surface area contributed by atoms with Gasteiger partial charge in [-0.3, -0.25) is 4.79 Å². The van der Waals surface area contributed by atoms with Crippen LogP contribution in [0.25, 0.3) is 0 Å². The van der Waals surface area contributed by atoms with Crippen LogP contribution >= 0.6 is 11.6 Å². The predicted octanol–water partition coefficient (Wildman–Crippen LogP) is 4.30. The van der Waals surface area contributed by atoms with E-state index in [1.54, 1.807) is 43.3 Å². The number of carbonyl (C=O) groups excluding carboxylic acids is 1. The highest BCUT2D eigenvalue weighted by atomic mass is 35.5. The third-order valence-electron chi connectivity index (χ3n) is 3.08. The first-order valence-electron chi connectivity index (χ1n) is 6.80. The molecule has 0 spiro atoms. The molecule has 23 heavy (non-hydrogen) atoms. The number of amides is 1. The van der Waals surface area contributed by atoms with Gasteiger partial charge in [-0.2, -0.15) is 8.78 Å². The van der Waals surface area contributed by atoms with Crippen molar-refractivity contribution in [3.63, 3.8) is 0 Å². The first kappa shape index (κ1) is 17.0.